The van der Waals surface area contributed by atoms with Crippen molar-refractivity contribution < 1.29 is 0 Å². The molecule has 15 heavy (non-hydrogen) atoms. The molecule has 0 N–H and O–H groups in total. The van der Waals surface area contributed by atoms with Crippen LogP contribution in [-0.2, 0) is 0 Å². The molecule has 0 spiro atoms. The zero-order chi connectivity index (χ0) is 11.4. The van der Waals surface area contributed by atoms with E-state index in [1.54, 1.807) is 0 Å². The lowest BCUT2D eigenvalue weighted by atomic mass is 10.0. The van der Waals surface area contributed by atoms with Gasteiger partial charge in [0, 0.05) is 19.3 Å². The lowest BCUT2D eigenvalue weighted by Gasteiger charge is -2.22. The molecule has 0 saturated heterocycles. The van der Waals surface area contributed by atoms with Crippen molar-refractivity contribution in [3.8, 4) is 0 Å². The molecule has 0 aliphatic rings. The quantitative estimate of drug-likeness (QED) is 0.766. The van der Waals surface area contributed by atoms with Gasteiger partial charge >= 0.3 is 0 Å². The van der Waals surface area contributed by atoms with Crippen LogP contribution in [-0.4, -0.2) is 19.3 Å². The number of thiol groups is 1. The van der Waals surface area contributed by atoms with Gasteiger partial charge in [-0.05, 0) is 55.7 Å². The molecule has 0 fully saturated rings. The third-order valence-electron chi connectivity index (χ3n) is 3.09. The first-order valence-corrected chi connectivity index (χ1v) is 6.10. The minimum absolute atomic E-state index is 0.953. The molecule has 0 saturated carbocycles. The Morgan fingerprint density at radius 3 is 2.40 bits per heavy atom. The normalized spacial score (nSPS) is 10.5. The molecule has 0 aromatic heterocycles. The summed E-state index contributed by atoms with van der Waals surface area (Å²) < 4.78 is 0. The molecule has 1 aromatic rings. The molecular formula is C13H21NS. The molecule has 1 nitrogen and oxygen atoms in total. The third-order valence-corrected chi connectivity index (χ3v) is 3.41. The highest BCUT2D eigenvalue weighted by atomic mass is 32.1. The van der Waals surface area contributed by atoms with Crippen molar-refractivity contribution in [2.45, 2.75) is 27.2 Å². The van der Waals surface area contributed by atoms with Crippen LogP contribution in [0.1, 0.15) is 23.1 Å². The predicted molar refractivity (Wildman–Crippen MR) is 72.4 cm³/mol. The van der Waals surface area contributed by atoms with Crippen molar-refractivity contribution in [1.29, 1.82) is 0 Å². The largest absolute Gasteiger partial charge is 0.374 e. The van der Waals surface area contributed by atoms with E-state index in [1.807, 2.05) is 0 Å². The highest BCUT2D eigenvalue weighted by Crippen LogP contribution is 2.24. The standard InChI is InChI=1S/C13H21NS/c1-10-6-7-13(12(3)11(10)2)14(4)8-5-9-15/h6-7,15H,5,8-9H2,1-4H3. The summed E-state index contributed by atoms with van der Waals surface area (Å²) >= 11 is 4.24. The van der Waals surface area contributed by atoms with Crippen LogP contribution in [0.5, 0.6) is 0 Å². The first-order valence-electron chi connectivity index (χ1n) is 5.46. The maximum absolute atomic E-state index is 4.24. The maximum atomic E-state index is 4.24. The van der Waals surface area contributed by atoms with Crippen molar-refractivity contribution in [3.05, 3.63) is 28.8 Å². The highest BCUT2D eigenvalue weighted by molar-refractivity contribution is 7.80. The second-order valence-electron chi connectivity index (χ2n) is 4.15. The van der Waals surface area contributed by atoms with Crippen molar-refractivity contribution >= 4 is 18.3 Å². The average molecular weight is 223 g/mol. The minimum Gasteiger partial charge on any atom is -0.374 e. The van der Waals surface area contributed by atoms with E-state index < -0.39 is 0 Å². The average Bonchev–Trinajstić information content (AvgIpc) is 2.23. The van der Waals surface area contributed by atoms with Gasteiger partial charge in [0.05, 0.1) is 0 Å². The van der Waals surface area contributed by atoms with Gasteiger partial charge in [-0.3, -0.25) is 0 Å². The van der Waals surface area contributed by atoms with Crippen LogP contribution >= 0.6 is 12.6 Å². The van der Waals surface area contributed by atoms with Gasteiger partial charge in [0.25, 0.3) is 0 Å². The number of anilines is 1. The SMILES string of the molecule is Cc1ccc(N(C)CCCS)c(C)c1C. The minimum atomic E-state index is 0.953. The summed E-state index contributed by atoms with van der Waals surface area (Å²) in [5.74, 6) is 0.953. The summed E-state index contributed by atoms with van der Waals surface area (Å²) in [6.07, 6.45) is 1.13. The fourth-order valence-electron chi connectivity index (χ4n) is 1.78. The Bertz CT molecular complexity index is 334. The van der Waals surface area contributed by atoms with E-state index >= 15 is 0 Å². The number of hydrogen-bond donors (Lipinski definition) is 1. The second kappa shape index (κ2) is 5.45. The first kappa shape index (κ1) is 12.4. The van der Waals surface area contributed by atoms with Gasteiger partial charge in [0.1, 0.15) is 0 Å². The van der Waals surface area contributed by atoms with Gasteiger partial charge in [-0.25, -0.2) is 0 Å². The van der Waals surface area contributed by atoms with E-state index in [4.69, 9.17) is 0 Å². The molecule has 84 valence electrons. The van der Waals surface area contributed by atoms with Crippen LogP contribution in [0.15, 0.2) is 12.1 Å². The second-order valence-corrected chi connectivity index (χ2v) is 4.60. The van der Waals surface area contributed by atoms with Crippen molar-refractivity contribution in [2.75, 3.05) is 24.2 Å². The smallest absolute Gasteiger partial charge is 0.0396 e. The van der Waals surface area contributed by atoms with Crippen LogP contribution in [0.4, 0.5) is 5.69 Å². The van der Waals surface area contributed by atoms with Crippen molar-refractivity contribution in [2.24, 2.45) is 0 Å². The Morgan fingerprint density at radius 1 is 1.13 bits per heavy atom. The van der Waals surface area contributed by atoms with Gasteiger partial charge in [0.15, 0.2) is 0 Å². The van der Waals surface area contributed by atoms with E-state index in [9.17, 15) is 0 Å². The fourth-order valence-corrected chi connectivity index (χ4v) is 1.93. The van der Waals surface area contributed by atoms with Gasteiger partial charge < -0.3 is 4.90 Å². The molecule has 0 aliphatic carbocycles. The Hall–Kier alpha value is -0.630. The van der Waals surface area contributed by atoms with E-state index in [1.165, 1.54) is 22.4 Å². The Balaban J connectivity index is 2.90. The molecule has 0 atom stereocenters. The number of aryl methyl sites for hydroxylation is 1. The van der Waals surface area contributed by atoms with Crippen LogP contribution in [0.3, 0.4) is 0 Å². The van der Waals surface area contributed by atoms with Crippen LogP contribution < -0.4 is 4.90 Å². The predicted octanol–water partition coefficient (Wildman–Crippen LogP) is 3.37. The number of rotatable bonds is 4. The molecule has 0 radical (unpaired) electrons. The van der Waals surface area contributed by atoms with E-state index in [2.05, 4.69) is 57.5 Å². The Kier molecular flexibility index (Phi) is 4.52. The topological polar surface area (TPSA) is 3.24 Å². The Labute approximate surface area is 98.9 Å². The van der Waals surface area contributed by atoms with E-state index in [-0.39, 0.29) is 0 Å². The molecule has 0 amide bonds. The molecule has 0 heterocycles. The summed E-state index contributed by atoms with van der Waals surface area (Å²) in [4.78, 5) is 2.32. The lowest BCUT2D eigenvalue weighted by molar-refractivity contribution is 0.856. The van der Waals surface area contributed by atoms with Crippen LogP contribution in [0.25, 0.3) is 0 Å². The summed E-state index contributed by atoms with van der Waals surface area (Å²) in [6.45, 7) is 7.64. The zero-order valence-corrected chi connectivity index (χ0v) is 11.1. The van der Waals surface area contributed by atoms with Crippen molar-refractivity contribution in [1.82, 2.24) is 0 Å². The summed E-state index contributed by atoms with van der Waals surface area (Å²) in [5.41, 5.74) is 5.53. The van der Waals surface area contributed by atoms with Crippen LogP contribution in [0.2, 0.25) is 0 Å². The number of hydrogen-bond acceptors (Lipinski definition) is 2. The van der Waals surface area contributed by atoms with Crippen LogP contribution in [0, 0.1) is 20.8 Å². The summed E-state index contributed by atoms with van der Waals surface area (Å²) in [6, 6.07) is 4.42. The Morgan fingerprint density at radius 2 is 1.80 bits per heavy atom. The molecular weight excluding hydrogens is 202 g/mol. The molecule has 0 bridgehead atoms. The van der Waals surface area contributed by atoms with Gasteiger partial charge in [-0.1, -0.05) is 6.07 Å². The molecule has 1 aromatic carbocycles. The molecule has 2 heteroatoms. The van der Waals surface area contributed by atoms with E-state index in [0.29, 0.717) is 0 Å². The molecule has 1 rings (SSSR count). The molecule has 0 unspecified atom stereocenters. The third kappa shape index (κ3) is 2.91. The summed E-state index contributed by atoms with van der Waals surface area (Å²) in [7, 11) is 2.15. The first-order chi connectivity index (χ1) is 7.07. The monoisotopic (exact) mass is 223 g/mol. The highest BCUT2D eigenvalue weighted by Gasteiger charge is 2.07. The van der Waals surface area contributed by atoms with Gasteiger partial charge in [0.2, 0.25) is 0 Å². The summed E-state index contributed by atoms with van der Waals surface area (Å²) in [5, 5.41) is 0. The van der Waals surface area contributed by atoms with Crippen molar-refractivity contribution in [3.63, 3.8) is 0 Å². The zero-order valence-electron chi connectivity index (χ0n) is 10.2. The number of nitrogens with zero attached hydrogens (tertiary/aromatic N) is 1. The fraction of sp³-hybridized carbons (Fsp3) is 0.538. The van der Waals surface area contributed by atoms with Gasteiger partial charge in [-0.15, -0.1) is 0 Å². The van der Waals surface area contributed by atoms with E-state index in [0.717, 1.165) is 18.7 Å². The lowest BCUT2D eigenvalue weighted by Crippen LogP contribution is -2.20. The number of benzene rings is 1. The maximum Gasteiger partial charge on any atom is 0.0396 e. The van der Waals surface area contributed by atoms with Gasteiger partial charge in [-0.2, -0.15) is 12.6 Å². The molecule has 0 aliphatic heterocycles.